The minimum absolute atomic E-state index is 0.288. The van der Waals surface area contributed by atoms with Crippen LogP contribution in [0.3, 0.4) is 0 Å². The van der Waals surface area contributed by atoms with Crippen LogP contribution in [0.5, 0.6) is 0 Å². The molecule has 0 N–H and O–H groups in total. The van der Waals surface area contributed by atoms with Crippen LogP contribution in [0.2, 0.25) is 0 Å². The van der Waals surface area contributed by atoms with Gasteiger partial charge in [-0.3, -0.25) is 4.79 Å². The van der Waals surface area contributed by atoms with E-state index in [1.807, 2.05) is 0 Å². The first-order chi connectivity index (χ1) is 10.8. The van der Waals surface area contributed by atoms with Crippen molar-refractivity contribution in [2.75, 3.05) is 4.90 Å². The standard InChI is InChI=1S/C16H15F3N2O3/c1-14(2,3)15(4)12(22)21(13(23)24-15)10-6-5-9(8-20)11(7-10)16(17,18)19/h5-7H,1-4H3. The lowest BCUT2D eigenvalue weighted by Gasteiger charge is -2.33. The van der Waals surface area contributed by atoms with Gasteiger partial charge in [0, 0.05) is 5.41 Å². The molecule has 0 saturated carbocycles. The highest BCUT2D eigenvalue weighted by Gasteiger charge is 2.58. The van der Waals surface area contributed by atoms with Crippen molar-refractivity contribution in [1.82, 2.24) is 0 Å². The minimum Gasteiger partial charge on any atom is -0.432 e. The number of hydrogen-bond acceptors (Lipinski definition) is 4. The predicted octanol–water partition coefficient (Wildman–Crippen LogP) is 3.87. The number of anilines is 1. The Morgan fingerprint density at radius 1 is 1.21 bits per heavy atom. The number of cyclic esters (lactones) is 1. The fourth-order valence-electron chi connectivity index (χ4n) is 2.26. The first-order valence-electron chi connectivity index (χ1n) is 7.02. The SMILES string of the molecule is CC(C)(C)C1(C)OC(=O)N(c2ccc(C#N)c(C(F)(F)F)c2)C1=O. The van der Waals surface area contributed by atoms with Crippen LogP contribution < -0.4 is 4.90 Å². The molecule has 1 aliphatic heterocycles. The van der Waals surface area contributed by atoms with Gasteiger partial charge >= 0.3 is 12.3 Å². The number of carbonyl (C=O) groups excluding carboxylic acids is 2. The van der Waals surface area contributed by atoms with E-state index >= 15 is 0 Å². The van der Waals surface area contributed by atoms with Crippen molar-refractivity contribution in [2.45, 2.75) is 39.5 Å². The van der Waals surface area contributed by atoms with Crippen LogP contribution in [0.1, 0.15) is 38.8 Å². The third kappa shape index (κ3) is 2.60. The first kappa shape index (κ1) is 17.8. The van der Waals surface area contributed by atoms with Gasteiger partial charge in [0.15, 0.2) is 5.60 Å². The third-order valence-corrected chi connectivity index (χ3v) is 4.20. The lowest BCUT2D eigenvalue weighted by molar-refractivity contribution is -0.138. The fourth-order valence-corrected chi connectivity index (χ4v) is 2.26. The van der Waals surface area contributed by atoms with Gasteiger partial charge in [0.2, 0.25) is 0 Å². The van der Waals surface area contributed by atoms with Crippen molar-refractivity contribution >= 4 is 17.7 Å². The molecule has 128 valence electrons. The average molecular weight is 340 g/mol. The fraction of sp³-hybridized carbons (Fsp3) is 0.438. The van der Waals surface area contributed by atoms with Gasteiger partial charge in [0.1, 0.15) is 0 Å². The Balaban J connectivity index is 2.56. The van der Waals surface area contributed by atoms with Gasteiger partial charge in [-0.2, -0.15) is 18.4 Å². The lowest BCUT2D eigenvalue weighted by Crippen LogP contribution is -2.48. The summed E-state index contributed by atoms with van der Waals surface area (Å²) in [5.74, 6) is -0.752. The van der Waals surface area contributed by atoms with Crippen molar-refractivity contribution in [1.29, 1.82) is 5.26 Å². The van der Waals surface area contributed by atoms with Crippen molar-refractivity contribution in [3.63, 3.8) is 0 Å². The molecular formula is C16H15F3N2O3. The molecule has 24 heavy (non-hydrogen) atoms. The van der Waals surface area contributed by atoms with E-state index in [1.54, 1.807) is 20.8 Å². The van der Waals surface area contributed by atoms with Gasteiger partial charge in [0.25, 0.3) is 5.91 Å². The molecular weight excluding hydrogens is 325 g/mol. The second-order valence-corrected chi connectivity index (χ2v) is 6.63. The molecule has 1 heterocycles. The number of alkyl halides is 3. The van der Waals surface area contributed by atoms with E-state index in [4.69, 9.17) is 10.00 Å². The van der Waals surface area contributed by atoms with Crippen molar-refractivity contribution < 1.29 is 27.5 Å². The highest BCUT2D eigenvalue weighted by Crippen LogP contribution is 2.42. The topological polar surface area (TPSA) is 70.4 Å². The number of rotatable bonds is 1. The van der Waals surface area contributed by atoms with Crippen LogP contribution >= 0.6 is 0 Å². The zero-order chi connectivity index (χ0) is 18.5. The Hall–Kier alpha value is -2.56. The Bertz CT molecular complexity index is 759. The van der Waals surface area contributed by atoms with E-state index in [0.29, 0.717) is 11.0 Å². The maximum atomic E-state index is 13.1. The summed E-state index contributed by atoms with van der Waals surface area (Å²) in [6.07, 6.45) is -5.84. The predicted molar refractivity (Wildman–Crippen MR) is 78.0 cm³/mol. The summed E-state index contributed by atoms with van der Waals surface area (Å²) >= 11 is 0. The molecule has 0 bridgehead atoms. The number of amides is 2. The molecule has 2 amide bonds. The van der Waals surface area contributed by atoms with E-state index in [1.165, 1.54) is 13.0 Å². The highest BCUT2D eigenvalue weighted by atomic mass is 19.4. The summed E-state index contributed by atoms with van der Waals surface area (Å²) < 4.78 is 44.4. The van der Waals surface area contributed by atoms with E-state index in [-0.39, 0.29) is 5.69 Å². The van der Waals surface area contributed by atoms with Crippen LogP contribution in [-0.4, -0.2) is 17.6 Å². The molecule has 1 saturated heterocycles. The van der Waals surface area contributed by atoms with Gasteiger partial charge in [-0.15, -0.1) is 0 Å². The van der Waals surface area contributed by atoms with Crippen molar-refractivity contribution in [3.05, 3.63) is 29.3 Å². The van der Waals surface area contributed by atoms with E-state index < -0.39 is 40.3 Å². The molecule has 0 radical (unpaired) electrons. The summed E-state index contributed by atoms with van der Waals surface area (Å²) in [5.41, 5.74) is -4.36. The van der Waals surface area contributed by atoms with Gasteiger partial charge in [-0.05, 0) is 25.1 Å². The Labute approximate surface area is 136 Å². The largest absolute Gasteiger partial charge is 0.432 e. The number of nitrogens with zero attached hydrogens (tertiary/aromatic N) is 2. The molecule has 1 atom stereocenters. The molecule has 5 nitrogen and oxygen atoms in total. The summed E-state index contributed by atoms with van der Waals surface area (Å²) in [7, 11) is 0. The van der Waals surface area contributed by atoms with Gasteiger partial charge in [-0.25, -0.2) is 9.69 Å². The van der Waals surface area contributed by atoms with E-state index in [9.17, 15) is 22.8 Å². The molecule has 0 spiro atoms. The van der Waals surface area contributed by atoms with Crippen LogP contribution in [0.25, 0.3) is 0 Å². The lowest BCUT2D eigenvalue weighted by atomic mass is 9.77. The monoisotopic (exact) mass is 340 g/mol. The van der Waals surface area contributed by atoms with Crippen LogP contribution in [-0.2, 0) is 15.7 Å². The van der Waals surface area contributed by atoms with Crippen molar-refractivity contribution in [3.8, 4) is 6.07 Å². The Morgan fingerprint density at radius 3 is 2.21 bits per heavy atom. The number of halogens is 3. The molecule has 0 aliphatic carbocycles. The number of imide groups is 1. The normalized spacial score (nSPS) is 21.7. The number of nitriles is 1. The number of benzene rings is 1. The molecule has 1 fully saturated rings. The zero-order valence-electron chi connectivity index (χ0n) is 13.5. The summed E-state index contributed by atoms with van der Waals surface area (Å²) in [6, 6.07) is 4.08. The van der Waals surface area contributed by atoms with E-state index in [2.05, 4.69) is 0 Å². The Morgan fingerprint density at radius 2 is 1.79 bits per heavy atom. The smallest absolute Gasteiger partial charge is 0.422 e. The minimum atomic E-state index is -4.79. The summed E-state index contributed by atoms with van der Waals surface area (Å²) in [4.78, 5) is 25.3. The molecule has 1 aliphatic rings. The molecule has 1 unspecified atom stereocenters. The number of hydrogen-bond donors (Lipinski definition) is 0. The number of carbonyl (C=O) groups is 2. The molecule has 0 aromatic heterocycles. The molecule has 2 rings (SSSR count). The summed E-state index contributed by atoms with van der Waals surface area (Å²) in [5, 5.41) is 8.81. The quantitative estimate of drug-likeness (QED) is 0.778. The van der Waals surface area contributed by atoms with Gasteiger partial charge < -0.3 is 4.74 Å². The Kier molecular flexibility index (Phi) is 3.87. The molecule has 1 aromatic rings. The maximum absolute atomic E-state index is 13.1. The van der Waals surface area contributed by atoms with Crippen LogP contribution in [0.4, 0.5) is 23.7 Å². The first-order valence-corrected chi connectivity index (χ1v) is 7.02. The summed E-state index contributed by atoms with van der Waals surface area (Å²) in [6.45, 7) is 6.46. The van der Waals surface area contributed by atoms with Crippen LogP contribution in [0, 0.1) is 16.7 Å². The maximum Gasteiger partial charge on any atom is 0.422 e. The zero-order valence-corrected chi connectivity index (χ0v) is 13.5. The second-order valence-electron chi connectivity index (χ2n) is 6.63. The van der Waals surface area contributed by atoms with Crippen LogP contribution in [0.15, 0.2) is 18.2 Å². The molecule has 1 aromatic carbocycles. The average Bonchev–Trinajstić information content (AvgIpc) is 2.68. The van der Waals surface area contributed by atoms with Crippen molar-refractivity contribution in [2.24, 2.45) is 5.41 Å². The second kappa shape index (κ2) is 5.23. The third-order valence-electron chi connectivity index (χ3n) is 4.20. The molecule has 8 heteroatoms. The highest BCUT2D eigenvalue weighted by molar-refractivity contribution is 6.20. The van der Waals surface area contributed by atoms with Gasteiger partial charge in [0.05, 0.1) is 22.9 Å². The van der Waals surface area contributed by atoms with E-state index in [0.717, 1.165) is 12.1 Å². The number of ether oxygens (including phenoxy) is 1. The van der Waals surface area contributed by atoms with Gasteiger partial charge in [-0.1, -0.05) is 20.8 Å².